The Morgan fingerprint density at radius 3 is 2.11 bits per heavy atom. The summed E-state index contributed by atoms with van der Waals surface area (Å²) < 4.78 is 0. The predicted octanol–water partition coefficient (Wildman–Crippen LogP) is 1.47. The van der Waals surface area contributed by atoms with Gasteiger partial charge in [0.2, 0.25) is 0 Å². The Kier molecular flexibility index (Phi) is 2.95. The molecule has 0 bridgehead atoms. The van der Waals surface area contributed by atoms with E-state index in [-0.39, 0.29) is 17.4 Å². The van der Waals surface area contributed by atoms with Crippen LogP contribution in [0.3, 0.4) is 0 Å². The third-order valence-electron chi connectivity index (χ3n) is 4.25. The van der Waals surface area contributed by atoms with Crippen LogP contribution in [-0.4, -0.2) is 34.7 Å². The third-order valence-corrected chi connectivity index (χ3v) is 4.25. The van der Waals surface area contributed by atoms with Crippen LogP contribution in [0.25, 0.3) is 0 Å². The van der Waals surface area contributed by atoms with Crippen LogP contribution in [0.2, 0.25) is 0 Å². The van der Waals surface area contributed by atoms with Crippen LogP contribution in [0.4, 0.5) is 4.79 Å². The number of ketones is 1. The molecule has 3 amide bonds. The van der Waals surface area contributed by atoms with Gasteiger partial charge in [-0.25, -0.2) is 4.79 Å². The molecule has 0 unspecified atom stereocenters. The van der Waals surface area contributed by atoms with Gasteiger partial charge in [0.25, 0.3) is 5.91 Å². The summed E-state index contributed by atoms with van der Waals surface area (Å²) in [5.41, 5.74) is -0.852. The first-order chi connectivity index (χ1) is 8.24. The lowest BCUT2D eigenvalue weighted by Gasteiger charge is -2.39. The molecule has 0 radical (unpaired) electrons. The van der Waals surface area contributed by atoms with E-state index in [0.717, 1.165) is 12.8 Å². The molecule has 1 heterocycles. The van der Waals surface area contributed by atoms with Crippen LogP contribution in [0.1, 0.15) is 46.5 Å². The summed E-state index contributed by atoms with van der Waals surface area (Å²) in [6.45, 7) is 6.13. The maximum atomic E-state index is 11.8. The maximum absolute atomic E-state index is 11.8. The van der Waals surface area contributed by atoms with Crippen molar-refractivity contribution < 1.29 is 14.4 Å². The van der Waals surface area contributed by atoms with E-state index in [1.807, 2.05) is 0 Å². The minimum atomic E-state index is -0.790. The predicted molar refractivity (Wildman–Crippen MR) is 65.9 cm³/mol. The molecule has 0 aromatic carbocycles. The normalized spacial score (nSPS) is 26.4. The fourth-order valence-electron chi connectivity index (χ4n) is 2.64. The van der Waals surface area contributed by atoms with Gasteiger partial charge in [-0.15, -0.1) is 0 Å². The third kappa shape index (κ3) is 2.13. The van der Waals surface area contributed by atoms with Gasteiger partial charge in [0.15, 0.2) is 0 Å². The van der Waals surface area contributed by atoms with Gasteiger partial charge in [-0.3, -0.25) is 14.9 Å². The van der Waals surface area contributed by atoms with E-state index in [4.69, 9.17) is 0 Å². The first-order valence-electron chi connectivity index (χ1n) is 6.39. The van der Waals surface area contributed by atoms with Crippen molar-refractivity contribution in [2.75, 3.05) is 6.54 Å². The molecule has 5 nitrogen and oxygen atoms in total. The average Bonchev–Trinajstić information content (AvgIpc) is 2.47. The number of nitrogens with zero attached hydrogens (tertiary/aromatic N) is 1. The molecule has 2 aliphatic rings. The van der Waals surface area contributed by atoms with E-state index in [9.17, 15) is 14.4 Å². The summed E-state index contributed by atoms with van der Waals surface area (Å²) in [4.78, 5) is 36.4. The summed E-state index contributed by atoms with van der Waals surface area (Å²) >= 11 is 0. The zero-order chi connectivity index (χ0) is 13.6. The van der Waals surface area contributed by atoms with Crippen molar-refractivity contribution in [3.05, 3.63) is 0 Å². The average molecular weight is 252 g/mol. The topological polar surface area (TPSA) is 66.5 Å². The van der Waals surface area contributed by atoms with Gasteiger partial charge in [-0.1, -0.05) is 6.92 Å². The number of nitrogens with one attached hydrogen (secondary N) is 1. The van der Waals surface area contributed by atoms with E-state index < -0.39 is 5.54 Å². The van der Waals surface area contributed by atoms with Crippen LogP contribution in [-0.2, 0) is 9.59 Å². The second-order valence-corrected chi connectivity index (χ2v) is 6.25. The van der Waals surface area contributed by atoms with E-state index in [0.29, 0.717) is 25.2 Å². The molecule has 1 N–H and O–H groups in total. The molecule has 0 atom stereocenters. The molecule has 0 aromatic heterocycles. The summed E-state index contributed by atoms with van der Waals surface area (Å²) in [6, 6.07) is -0.317. The largest absolute Gasteiger partial charge is 0.325 e. The highest BCUT2D eigenvalue weighted by atomic mass is 16.2. The molecule has 1 aliphatic carbocycles. The number of rotatable bonds is 2. The van der Waals surface area contributed by atoms with Gasteiger partial charge in [-0.05, 0) is 32.1 Å². The Morgan fingerprint density at radius 2 is 1.67 bits per heavy atom. The van der Waals surface area contributed by atoms with Crippen molar-refractivity contribution in [2.24, 2.45) is 5.41 Å². The molecule has 1 saturated heterocycles. The minimum absolute atomic E-state index is 0.0624. The smallest absolute Gasteiger partial charge is 0.310 e. The van der Waals surface area contributed by atoms with Crippen LogP contribution in [0.5, 0.6) is 0 Å². The Hall–Kier alpha value is -1.39. The highest BCUT2D eigenvalue weighted by Crippen LogP contribution is 2.37. The number of Topliss-reactive ketones (excluding diaryl/α,β-unsaturated/α-hetero) is 1. The van der Waals surface area contributed by atoms with E-state index in [1.165, 1.54) is 0 Å². The molecule has 18 heavy (non-hydrogen) atoms. The maximum Gasteiger partial charge on any atom is 0.325 e. The Bertz CT molecular complexity index is 404. The van der Waals surface area contributed by atoms with Gasteiger partial charge in [0.05, 0.1) is 0 Å². The van der Waals surface area contributed by atoms with Crippen LogP contribution < -0.4 is 5.32 Å². The fourth-order valence-corrected chi connectivity index (χ4v) is 2.64. The quantitative estimate of drug-likeness (QED) is 0.757. The van der Waals surface area contributed by atoms with E-state index in [2.05, 4.69) is 12.2 Å². The van der Waals surface area contributed by atoms with Gasteiger partial charge in [0, 0.05) is 19.4 Å². The van der Waals surface area contributed by atoms with Gasteiger partial charge in [-0.2, -0.15) is 0 Å². The molecule has 1 saturated carbocycles. The molecular weight excluding hydrogens is 232 g/mol. The first kappa shape index (κ1) is 13.1. The lowest BCUT2D eigenvalue weighted by molar-refractivity contribution is -0.126. The monoisotopic (exact) mass is 252 g/mol. The molecule has 2 rings (SSSR count). The fraction of sp³-hybridized carbons (Fsp3) is 0.769. The van der Waals surface area contributed by atoms with Crippen LogP contribution in [0, 0.1) is 5.41 Å². The number of hydrogen-bond donors (Lipinski definition) is 1. The second-order valence-electron chi connectivity index (χ2n) is 6.25. The molecular formula is C13H20N2O3. The SMILES string of the molecule is CC1(CN2C(=O)NC(=O)C2(C)C)CCC(=O)CC1. The van der Waals surface area contributed by atoms with Gasteiger partial charge < -0.3 is 4.90 Å². The molecule has 100 valence electrons. The van der Waals surface area contributed by atoms with Crippen molar-refractivity contribution in [1.82, 2.24) is 10.2 Å². The van der Waals surface area contributed by atoms with E-state index >= 15 is 0 Å². The zero-order valence-electron chi connectivity index (χ0n) is 11.2. The molecule has 0 spiro atoms. The molecule has 5 heteroatoms. The Morgan fingerprint density at radius 1 is 1.11 bits per heavy atom. The number of carbonyl (C=O) groups excluding carboxylic acids is 3. The summed E-state index contributed by atoms with van der Waals surface area (Å²) in [7, 11) is 0. The Labute approximate surface area is 107 Å². The van der Waals surface area contributed by atoms with Gasteiger partial charge in [0.1, 0.15) is 11.3 Å². The van der Waals surface area contributed by atoms with E-state index in [1.54, 1.807) is 18.7 Å². The minimum Gasteiger partial charge on any atom is -0.310 e. The van der Waals surface area contributed by atoms with Crippen molar-refractivity contribution in [2.45, 2.75) is 52.0 Å². The van der Waals surface area contributed by atoms with Crippen LogP contribution >= 0.6 is 0 Å². The van der Waals surface area contributed by atoms with Gasteiger partial charge >= 0.3 is 6.03 Å². The summed E-state index contributed by atoms with van der Waals surface area (Å²) in [6.07, 6.45) is 2.75. The highest BCUT2D eigenvalue weighted by molar-refractivity contribution is 6.06. The summed E-state index contributed by atoms with van der Waals surface area (Å²) in [5, 5.41) is 2.35. The number of carbonyl (C=O) groups is 3. The van der Waals surface area contributed by atoms with Crippen molar-refractivity contribution in [3.63, 3.8) is 0 Å². The standard InChI is InChI=1S/C13H20N2O3/c1-12(2)10(17)14-11(18)15(12)8-13(3)6-4-9(16)5-7-13/h4-8H2,1-3H3,(H,14,17,18). The Balaban J connectivity index is 2.11. The molecule has 1 aliphatic heterocycles. The van der Waals surface area contributed by atoms with Crippen LogP contribution in [0.15, 0.2) is 0 Å². The zero-order valence-corrected chi connectivity index (χ0v) is 11.2. The highest BCUT2D eigenvalue weighted by Gasteiger charge is 2.48. The summed E-state index contributed by atoms with van der Waals surface area (Å²) in [5.74, 6) is 0.0525. The lowest BCUT2D eigenvalue weighted by Crippen LogP contribution is -2.49. The number of amides is 3. The molecule has 0 aromatic rings. The van der Waals surface area contributed by atoms with Crippen molar-refractivity contribution >= 4 is 17.7 Å². The molecule has 2 fully saturated rings. The lowest BCUT2D eigenvalue weighted by atomic mass is 9.74. The number of imide groups is 1. The van der Waals surface area contributed by atoms with Crippen molar-refractivity contribution in [1.29, 1.82) is 0 Å². The first-order valence-corrected chi connectivity index (χ1v) is 6.39. The number of hydrogen-bond acceptors (Lipinski definition) is 3. The van der Waals surface area contributed by atoms with Crippen molar-refractivity contribution in [3.8, 4) is 0 Å². The number of urea groups is 1. The second kappa shape index (κ2) is 4.07.